The lowest BCUT2D eigenvalue weighted by molar-refractivity contribution is 0.0697. The van der Waals surface area contributed by atoms with E-state index in [1.54, 1.807) is 29.9 Å². The van der Waals surface area contributed by atoms with E-state index in [9.17, 15) is 14.7 Å². The van der Waals surface area contributed by atoms with Gasteiger partial charge in [-0.1, -0.05) is 0 Å². The minimum Gasteiger partial charge on any atom is -0.497 e. The van der Waals surface area contributed by atoms with Crippen molar-refractivity contribution in [1.82, 2.24) is 14.8 Å². The number of carboxylic acid groups (broad SMARTS) is 1. The smallest absolute Gasteiger partial charge is 0.337 e. The van der Waals surface area contributed by atoms with Crippen molar-refractivity contribution in [2.24, 2.45) is 0 Å². The number of nitrogens with one attached hydrogen (secondary N) is 1. The molecule has 0 spiro atoms. The van der Waals surface area contributed by atoms with E-state index in [1.807, 2.05) is 13.8 Å². The van der Waals surface area contributed by atoms with Crippen molar-refractivity contribution in [2.45, 2.75) is 26.8 Å². The maximum absolute atomic E-state index is 12.7. The number of carbonyl (C=O) groups excluding carboxylic acids is 1. The van der Waals surface area contributed by atoms with Gasteiger partial charge in [0.1, 0.15) is 5.75 Å². The van der Waals surface area contributed by atoms with E-state index < -0.39 is 11.9 Å². The Kier molecular flexibility index (Phi) is 4.81. The largest absolute Gasteiger partial charge is 0.497 e. The molecule has 3 rings (SSSR count). The number of fused-ring (bicyclic) bond motifs is 1. The van der Waals surface area contributed by atoms with Gasteiger partial charge in [-0.15, -0.1) is 0 Å². The van der Waals surface area contributed by atoms with Crippen molar-refractivity contribution in [2.75, 3.05) is 12.4 Å². The molecule has 8 nitrogen and oxygen atoms in total. The third kappa shape index (κ3) is 3.46. The van der Waals surface area contributed by atoms with Crippen LogP contribution in [0.3, 0.4) is 0 Å². The monoisotopic (exact) mass is 368 g/mol. The Morgan fingerprint density at radius 3 is 2.59 bits per heavy atom. The molecule has 0 aliphatic heterocycles. The summed E-state index contributed by atoms with van der Waals surface area (Å²) in [5.74, 6) is -1.20. The average molecular weight is 368 g/mol. The van der Waals surface area contributed by atoms with Crippen LogP contribution < -0.4 is 10.1 Å². The zero-order valence-electron chi connectivity index (χ0n) is 15.5. The number of anilines is 1. The molecule has 140 valence electrons. The topological polar surface area (TPSA) is 106 Å². The lowest BCUT2D eigenvalue weighted by Crippen LogP contribution is -2.17. The van der Waals surface area contributed by atoms with Gasteiger partial charge in [0.05, 0.1) is 35.8 Å². The molecule has 0 fully saturated rings. The van der Waals surface area contributed by atoms with Gasteiger partial charge in [-0.2, -0.15) is 5.10 Å². The van der Waals surface area contributed by atoms with Gasteiger partial charge in [0.15, 0.2) is 5.65 Å². The number of aromatic carboxylic acids is 1. The normalized spacial score (nSPS) is 11.0. The summed E-state index contributed by atoms with van der Waals surface area (Å²) in [5, 5.41) is 17.1. The Hall–Kier alpha value is -3.42. The number of carbonyl (C=O) groups is 2. The lowest BCUT2D eigenvalue weighted by Gasteiger charge is -2.12. The van der Waals surface area contributed by atoms with E-state index in [4.69, 9.17) is 4.74 Å². The highest BCUT2D eigenvalue weighted by atomic mass is 16.5. The highest BCUT2D eigenvalue weighted by Gasteiger charge is 2.18. The van der Waals surface area contributed by atoms with Crippen LogP contribution in [0.25, 0.3) is 11.0 Å². The molecule has 0 radical (unpaired) electrons. The summed E-state index contributed by atoms with van der Waals surface area (Å²) in [6, 6.07) is 6.30. The van der Waals surface area contributed by atoms with E-state index in [1.165, 1.54) is 19.2 Å². The summed E-state index contributed by atoms with van der Waals surface area (Å²) in [5.41, 5.74) is 1.73. The van der Waals surface area contributed by atoms with Gasteiger partial charge in [-0.3, -0.25) is 4.79 Å². The molecule has 27 heavy (non-hydrogen) atoms. The van der Waals surface area contributed by atoms with Crippen molar-refractivity contribution in [1.29, 1.82) is 0 Å². The Morgan fingerprint density at radius 1 is 1.22 bits per heavy atom. The summed E-state index contributed by atoms with van der Waals surface area (Å²) < 4.78 is 6.83. The molecule has 1 amide bonds. The fourth-order valence-electron chi connectivity index (χ4n) is 2.80. The van der Waals surface area contributed by atoms with Gasteiger partial charge < -0.3 is 15.2 Å². The number of benzene rings is 1. The van der Waals surface area contributed by atoms with Crippen LogP contribution in [0.4, 0.5) is 5.69 Å². The van der Waals surface area contributed by atoms with Crippen LogP contribution in [0.1, 0.15) is 46.3 Å². The summed E-state index contributed by atoms with van der Waals surface area (Å²) in [7, 11) is 1.45. The molecule has 1 aromatic carbocycles. The first-order valence-corrected chi connectivity index (χ1v) is 8.39. The molecule has 2 aromatic heterocycles. The number of carboxylic acids is 1. The summed E-state index contributed by atoms with van der Waals surface area (Å²) >= 11 is 0. The van der Waals surface area contributed by atoms with Crippen LogP contribution in [0.2, 0.25) is 0 Å². The quantitative estimate of drug-likeness (QED) is 0.716. The predicted molar refractivity (Wildman–Crippen MR) is 101 cm³/mol. The molecule has 2 N–H and O–H groups in total. The number of hydrogen-bond donors (Lipinski definition) is 2. The van der Waals surface area contributed by atoms with Gasteiger partial charge >= 0.3 is 5.97 Å². The van der Waals surface area contributed by atoms with Crippen molar-refractivity contribution >= 4 is 28.6 Å². The standard InChI is InChI=1S/C19H20N4O4/c1-10(2)23-17-12(9-20-23)7-14(11(3)21-17)18(24)22-16-6-5-13(27-4)8-15(16)19(25)26/h5-10H,1-4H3,(H,22,24)(H,25,26). The minimum absolute atomic E-state index is 0.0537. The zero-order valence-corrected chi connectivity index (χ0v) is 15.5. The molecule has 2 heterocycles. The third-order valence-corrected chi connectivity index (χ3v) is 4.20. The zero-order chi connectivity index (χ0) is 19.7. The molecule has 8 heteroatoms. The van der Waals surface area contributed by atoms with Crippen LogP contribution in [0, 0.1) is 6.92 Å². The SMILES string of the molecule is COc1ccc(NC(=O)c2cc3cnn(C(C)C)c3nc2C)c(C(=O)O)c1. The fraction of sp³-hybridized carbons (Fsp3) is 0.263. The molecule has 3 aromatic rings. The minimum atomic E-state index is -1.16. The Morgan fingerprint density at radius 2 is 1.96 bits per heavy atom. The van der Waals surface area contributed by atoms with Crippen molar-refractivity contribution < 1.29 is 19.4 Å². The number of pyridine rings is 1. The molecule has 0 saturated heterocycles. The molecule has 0 saturated carbocycles. The number of hydrogen-bond acceptors (Lipinski definition) is 5. The molecule has 0 unspecified atom stereocenters. The van der Waals surface area contributed by atoms with Crippen molar-refractivity contribution in [3.63, 3.8) is 0 Å². The first-order chi connectivity index (χ1) is 12.8. The van der Waals surface area contributed by atoms with Crippen LogP contribution in [-0.4, -0.2) is 38.9 Å². The number of amides is 1. The molecule has 0 bridgehead atoms. The van der Waals surface area contributed by atoms with Crippen LogP contribution in [0.5, 0.6) is 5.75 Å². The van der Waals surface area contributed by atoms with Crippen LogP contribution in [-0.2, 0) is 0 Å². The third-order valence-electron chi connectivity index (χ3n) is 4.20. The van der Waals surface area contributed by atoms with Crippen molar-refractivity contribution in [3.8, 4) is 5.75 Å². The number of nitrogens with zero attached hydrogens (tertiary/aromatic N) is 3. The maximum atomic E-state index is 12.7. The fourth-order valence-corrected chi connectivity index (χ4v) is 2.80. The average Bonchev–Trinajstić information content (AvgIpc) is 3.03. The first kappa shape index (κ1) is 18.4. The second-order valence-corrected chi connectivity index (χ2v) is 6.39. The van der Waals surface area contributed by atoms with Gasteiger partial charge in [0, 0.05) is 11.4 Å². The Labute approximate surface area is 155 Å². The van der Waals surface area contributed by atoms with E-state index in [0.29, 0.717) is 22.7 Å². The van der Waals surface area contributed by atoms with Gasteiger partial charge in [0.2, 0.25) is 0 Å². The van der Waals surface area contributed by atoms with Gasteiger partial charge in [0.25, 0.3) is 5.91 Å². The number of ether oxygens (including phenoxy) is 1. The number of rotatable bonds is 5. The molecular formula is C19H20N4O4. The summed E-state index contributed by atoms with van der Waals surface area (Å²) in [6.07, 6.45) is 1.66. The second-order valence-electron chi connectivity index (χ2n) is 6.39. The van der Waals surface area contributed by atoms with E-state index >= 15 is 0 Å². The number of methoxy groups -OCH3 is 1. The second kappa shape index (κ2) is 7.06. The van der Waals surface area contributed by atoms with Gasteiger partial charge in [-0.25, -0.2) is 14.5 Å². The number of aryl methyl sites for hydroxylation is 1. The summed E-state index contributed by atoms with van der Waals surface area (Å²) in [6.45, 7) is 5.74. The van der Waals surface area contributed by atoms with Crippen LogP contribution in [0.15, 0.2) is 30.5 Å². The van der Waals surface area contributed by atoms with Crippen molar-refractivity contribution in [3.05, 3.63) is 47.3 Å². The Bertz CT molecular complexity index is 1040. The highest BCUT2D eigenvalue weighted by Crippen LogP contribution is 2.24. The molecular weight excluding hydrogens is 348 g/mol. The molecule has 0 atom stereocenters. The number of aromatic nitrogens is 3. The molecule has 0 aliphatic rings. The van der Waals surface area contributed by atoms with Crippen LogP contribution >= 0.6 is 0 Å². The Balaban J connectivity index is 1.97. The van der Waals surface area contributed by atoms with E-state index in [0.717, 1.165) is 5.39 Å². The van der Waals surface area contributed by atoms with E-state index in [2.05, 4.69) is 15.4 Å². The molecule has 0 aliphatic carbocycles. The maximum Gasteiger partial charge on any atom is 0.337 e. The van der Waals surface area contributed by atoms with Gasteiger partial charge in [-0.05, 0) is 45.0 Å². The highest BCUT2D eigenvalue weighted by molar-refractivity contribution is 6.09. The predicted octanol–water partition coefficient (Wildman–Crippen LogP) is 3.28. The lowest BCUT2D eigenvalue weighted by atomic mass is 10.1. The summed E-state index contributed by atoms with van der Waals surface area (Å²) in [4.78, 5) is 28.7. The van der Waals surface area contributed by atoms with E-state index in [-0.39, 0.29) is 17.3 Å². The first-order valence-electron chi connectivity index (χ1n) is 8.39.